The number of rotatable bonds is 11. The number of hydrogen-bond donors (Lipinski definition) is 4. The van der Waals surface area contributed by atoms with Crippen LogP contribution in [0.25, 0.3) is 22.2 Å². The van der Waals surface area contributed by atoms with Crippen LogP contribution in [0, 0.1) is 0 Å². The van der Waals surface area contributed by atoms with Crippen molar-refractivity contribution in [3.05, 3.63) is 72.9 Å². The van der Waals surface area contributed by atoms with Crippen molar-refractivity contribution in [3.63, 3.8) is 0 Å². The minimum absolute atomic E-state index is 0.208. The Balaban J connectivity index is 1.32. The average Bonchev–Trinajstić information content (AvgIpc) is 2.92. The number of carbonyl (C=O) groups is 1. The van der Waals surface area contributed by atoms with E-state index in [2.05, 4.69) is 30.8 Å². The zero-order chi connectivity index (χ0) is 28.8. The van der Waals surface area contributed by atoms with E-state index in [0.717, 1.165) is 30.0 Å². The van der Waals surface area contributed by atoms with Gasteiger partial charge in [-0.25, -0.2) is 9.37 Å². The van der Waals surface area contributed by atoms with Gasteiger partial charge in [0, 0.05) is 66.5 Å². The Labute approximate surface area is 238 Å². The third-order valence-electron chi connectivity index (χ3n) is 6.66. The number of nitrogens with zero attached hydrogens (tertiary/aromatic N) is 5. The largest absolute Gasteiger partial charge is 0.383 e. The van der Waals surface area contributed by atoms with Crippen LogP contribution in [0.2, 0.25) is 0 Å². The molecule has 10 nitrogen and oxygen atoms in total. The summed E-state index contributed by atoms with van der Waals surface area (Å²) in [6.07, 6.45) is 5.00. The van der Waals surface area contributed by atoms with E-state index in [1.807, 2.05) is 73.6 Å². The molecule has 1 aliphatic rings. The first-order chi connectivity index (χ1) is 19.9. The Morgan fingerprint density at radius 3 is 2.63 bits per heavy atom. The maximum atomic E-state index is 12.5. The number of hydrogen-bond acceptors (Lipinski definition) is 9. The van der Waals surface area contributed by atoms with Gasteiger partial charge in [-0.1, -0.05) is 18.2 Å². The number of anilines is 5. The number of carbonyl (C=O) groups excluding carboxylic acids is 1. The van der Waals surface area contributed by atoms with Gasteiger partial charge in [-0.05, 0) is 56.6 Å². The fourth-order valence-electron chi connectivity index (χ4n) is 4.62. The van der Waals surface area contributed by atoms with Crippen molar-refractivity contribution < 1.29 is 9.18 Å². The van der Waals surface area contributed by atoms with Gasteiger partial charge in [0.25, 0.3) is 0 Å². The normalized spacial score (nSPS) is 14.0. The maximum absolute atomic E-state index is 12.5. The molecule has 4 aromatic rings. The third kappa shape index (κ3) is 7.13. The molecule has 1 fully saturated rings. The zero-order valence-corrected chi connectivity index (χ0v) is 23.1. The number of benzene rings is 2. The predicted molar refractivity (Wildman–Crippen MR) is 163 cm³/mol. The monoisotopic (exact) mass is 555 g/mol. The van der Waals surface area contributed by atoms with Gasteiger partial charge in [0.15, 0.2) is 0 Å². The highest BCUT2D eigenvalue weighted by atomic mass is 19.1. The number of nitrogens with two attached hydrogens (primary N) is 1. The summed E-state index contributed by atoms with van der Waals surface area (Å²) in [6, 6.07) is 17.4. The van der Waals surface area contributed by atoms with Gasteiger partial charge < -0.3 is 26.6 Å². The molecule has 5 N–H and O–H groups in total. The molecule has 1 amide bonds. The van der Waals surface area contributed by atoms with Crippen molar-refractivity contribution in [3.8, 4) is 11.3 Å². The molecular formula is C30H34FN9O. The molecule has 11 heteroatoms. The number of aromatic nitrogens is 3. The van der Waals surface area contributed by atoms with Crippen molar-refractivity contribution >= 4 is 45.6 Å². The van der Waals surface area contributed by atoms with E-state index in [-0.39, 0.29) is 12.6 Å². The zero-order valence-electron chi connectivity index (χ0n) is 23.1. The van der Waals surface area contributed by atoms with Crippen molar-refractivity contribution in [1.82, 2.24) is 24.8 Å². The molecule has 0 radical (unpaired) electrons. The number of likely N-dealkylation sites (tertiary alicyclic amines) is 1. The number of amides is 1. The molecule has 0 unspecified atom stereocenters. The van der Waals surface area contributed by atoms with Crippen LogP contribution in [0.15, 0.2) is 72.9 Å². The molecule has 0 bridgehead atoms. The molecule has 0 spiro atoms. The van der Waals surface area contributed by atoms with E-state index < -0.39 is 0 Å². The lowest BCUT2D eigenvalue weighted by molar-refractivity contribution is -0.111. The first-order valence-electron chi connectivity index (χ1n) is 13.4. The Kier molecular flexibility index (Phi) is 8.66. The van der Waals surface area contributed by atoms with Gasteiger partial charge in [-0.15, -0.1) is 0 Å². The Bertz CT molecular complexity index is 1540. The van der Waals surface area contributed by atoms with Gasteiger partial charge in [-0.2, -0.15) is 4.98 Å². The van der Waals surface area contributed by atoms with Crippen LogP contribution in [-0.4, -0.2) is 83.6 Å². The van der Waals surface area contributed by atoms with Crippen LogP contribution >= 0.6 is 0 Å². The van der Waals surface area contributed by atoms with Crippen molar-refractivity contribution in [1.29, 1.82) is 0 Å². The SMILES string of the molecule is CN(C)C/C=C/C(=O)Nc1cccc(-c2nccc3c(N)nc(Nc4ccc(NC5CN(CCF)C5)cc4)nc23)c1. The molecule has 5 rings (SSSR count). The number of nitrogen functional groups attached to an aromatic ring is 1. The molecule has 3 heterocycles. The Hall–Kier alpha value is -4.61. The first kappa shape index (κ1) is 27.9. The summed E-state index contributed by atoms with van der Waals surface area (Å²) in [6.45, 7) is 2.53. The van der Waals surface area contributed by atoms with E-state index in [9.17, 15) is 9.18 Å². The molecular weight excluding hydrogens is 521 g/mol. The lowest BCUT2D eigenvalue weighted by Gasteiger charge is -2.39. The highest BCUT2D eigenvalue weighted by molar-refractivity contribution is 6.01. The van der Waals surface area contributed by atoms with Crippen LogP contribution in [0.3, 0.4) is 0 Å². The van der Waals surface area contributed by atoms with Crippen LogP contribution in [0.4, 0.5) is 33.2 Å². The Morgan fingerprint density at radius 1 is 1.10 bits per heavy atom. The van der Waals surface area contributed by atoms with Crippen molar-refractivity contribution in [2.24, 2.45) is 0 Å². The van der Waals surface area contributed by atoms with Crippen molar-refractivity contribution in [2.45, 2.75) is 6.04 Å². The topological polar surface area (TPSA) is 124 Å². The number of nitrogens with one attached hydrogen (secondary N) is 3. The van der Waals surface area contributed by atoms with E-state index >= 15 is 0 Å². The van der Waals surface area contributed by atoms with E-state index in [4.69, 9.17) is 10.7 Å². The Morgan fingerprint density at radius 2 is 1.88 bits per heavy atom. The third-order valence-corrected chi connectivity index (χ3v) is 6.66. The van der Waals surface area contributed by atoms with Gasteiger partial charge in [-0.3, -0.25) is 14.7 Å². The van der Waals surface area contributed by atoms with Crippen LogP contribution in [-0.2, 0) is 4.79 Å². The molecule has 1 aliphatic heterocycles. The first-order valence-corrected chi connectivity index (χ1v) is 13.4. The second-order valence-electron chi connectivity index (χ2n) is 10.2. The molecule has 0 aliphatic carbocycles. The fourth-order valence-corrected chi connectivity index (χ4v) is 4.62. The molecule has 1 saturated heterocycles. The summed E-state index contributed by atoms with van der Waals surface area (Å²) in [4.78, 5) is 30.2. The van der Waals surface area contributed by atoms with E-state index in [0.29, 0.717) is 53.2 Å². The molecule has 212 valence electrons. The van der Waals surface area contributed by atoms with Gasteiger partial charge in [0.05, 0.1) is 11.7 Å². The van der Waals surface area contributed by atoms with Gasteiger partial charge in [0.1, 0.15) is 18.0 Å². The summed E-state index contributed by atoms with van der Waals surface area (Å²) in [5, 5.41) is 10.3. The number of alkyl halides is 1. The highest BCUT2D eigenvalue weighted by Crippen LogP contribution is 2.30. The standard InChI is InChI=1S/C30H34FN9O/c1-39(2)15-4-7-26(41)35-23-6-3-5-20(17-23)27-28-25(12-14-33-27)29(32)38-30(37-28)36-22-10-8-21(9-11-22)34-24-18-40(19-24)16-13-31/h3-12,14,17,24,34H,13,15-16,18-19H2,1-2H3,(H,35,41)(H3,32,36,37,38)/b7-4+. The summed E-state index contributed by atoms with van der Waals surface area (Å²) in [7, 11) is 3.88. The quantitative estimate of drug-likeness (QED) is 0.202. The van der Waals surface area contributed by atoms with Crippen LogP contribution < -0.4 is 21.7 Å². The summed E-state index contributed by atoms with van der Waals surface area (Å²) in [5.41, 5.74) is 10.8. The lowest BCUT2D eigenvalue weighted by atomic mass is 10.1. The summed E-state index contributed by atoms with van der Waals surface area (Å²) in [5.74, 6) is 0.472. The lowest BCUT2D eigenvalue weighted by Crippen LogP contribution is -2.55. The predicted octanol–water partition coefficient (Wildman–Crippen LogP) is 4.14. The fraction of sp³-hybridized carbons (Fsp3) is 0.267. The van der Waals surface area contributed by atoms with Gasteiger partial charge >= 0.3 is 0 Å². The summed E-state index contributed by atoms with van der Waals surface area (Å²) >= 11 is 0. The van der Waals surface area contributed by atoms with E-state index in [1.165, 1.54) is 6.08 Å². The molecule has 2 aromatic heterocycles. The number of pyridine rings is 1. The van der Waals surface area contributed by atoms with Crippen LogP contribution in [0.1, 0.15) is 0 Å². The molecule has 2 aromatic carbocycles. The molecule has 41 heavy (non-hydrogen) atoms. The number of halogens is 1. The minimum atomic E-state index is -0.314. The second kappa shape index (κ2) is 12.7. The number of likely N-dealkylation sites (N-methyl/N-ethyl adjacent to an activating group) is 1. The molecule has 0 atom stereocenters. The number of fused-ring (bicyclic) bond motifs is 1. The maximum Gasteiger partial charge on any atom is 0.248 e. The average molecular weight is 556 g/mol. The minimum Gasteiger partial charge on any atom is -0.383 e. The molecule has 0 saturated carbocycles. The van der Waals surface area contributed by atoms with Crippen LogP contribution in [0.5, 0.6) is 0 Å². The van der Waals surface area contributed by atoms with Crippen molar-refractivity contribution in [2.75, 3.05) is 68.6 Å². The second-order valence-corrected chi connectivity index (χ2v) is 10.2. The van der Waals surface area contributed by atoms with E-state index in [1.54, 1.807) is 12.3 Å². The smallest absolute Gasteiger partial charge is 0.248 e. The van der Waals surface area contributed by atoms with Gasteiger partial charge in [0.2, 0.25) is 11.9 Å². The summed E-state index contributed by atoms with van der Waals surface area (Å²) < 4.78 is 12.5. The highest BCUT2D eigenvalue weighted by Gasteiger charge is 2.25.